The number of H-pyrrole nitrogens is 1. The van der Waals surface area contributed by atoms with Gasteiger partial charge in [-0.05, 0) is 49.2 Å². The van der Waals surface area contributed by atoms with Gasteiger partial charge in [0, 0.05) is 41.2 Å². The average molecular weight is 441 g/mol. The molecule has 1 aliphatic carbocycles. The number of aromatic amines is 1. The van der Waals surface area contributed by atoms with Crippen molar-refractivity contribution < 1.29 is 9.59 Å². The molecule has 1 saturated carbocycles. The van der Waals surface area contributed by atoms with Crippen molar-refractivity contribution in [1.29, 1.82) is 0 Å². The first-order chi connectivity index (χ1) is 16.2. The second kappa shape index (κ2) is 9.20. The molecule has 0 unspecified atom stereocenters. The molecule has 1 fully saturated rings. The molecule has 1 aromatic carbocycles. The van der Waals surface area contributed by atoms with Crippen LogP contribution in [0.25, 0.3) is 22.4 Å². The van der Waals surface area contributed by atoms with E-state index in [1.165, 1.54) is 6.42 Å². The average Bonchev–Trinajstić information content (AvgIpc) is 3.29. The molecule has 8 nitrogen and oxygen atoms in total. The fourth-order valence-electron chi connectivity index (χ4n) is 4.13. The van der Waals surface area contributed by atoms with Gasteiger partial charge in [0.1, 0.15) is 11.6 Å². The molecule has 0 bridgehead atoms. The maximum atomic E-state index is 12.5. The minimum Gasteiger partial charge on any atom is -0.337 e. The molecular formula is C25H24N6O2. The second-order valence-corrected chi connectivity index (χ2v) is 8.26. The number of imidazole rings is 1. The summed E-state index contributed by atoms with van der Waals surface area (Å²) in [6.45, 7) is 0. The molecule has 4 aromatic rings. The summed E-state index contributed by atoms with van der Waals surface area (Å²) < 4.78 is 0. The van der Waals surface area contributed by atoms with E-state index in [1.807, 2.05) is 24.3 Å². The molecule has 0 spiro atoms. The van der Waals surface area contributed by atoms with Gasteiger partial charge in [-0.15, -0.1) is 0 Å². The van der Waals surface area contributed by atoms with Crippen LogP contribution >= 0.6 is 0 Å². The number of hydrogen-bond acceptors (Lipinski definition) is 5. The van der Waals surface area contributed by atoms with Crippen LogP contribution in [-0.2, 0) is 4.79 Å². The van der Waals surface area contributed by atoms with E-state index in [0.29, 0.717) is 22.7 Å². The molecule has 3 aromatic heterocycles. The summed E-state index contributed by atoms with van der Waals surface area (Å²) in [7, 11) is 0. The SMILES string of the molecule is O=C(Nc1cc2nc(-c3ccc(NC(=O)C4CCCCC4)cc3)[nH]c2cn1)c1ccncc1. The molecule has 8 heteroatoms. The van der Waals surface area contributed by atoms with Gasteiger partial charge in [0.05, 0.1) is 17.2 Å². The third kappa shape index (κ3) is 4.74. The monoisotopic (exact) mass is 440 g/mol. The van der Waals surface area contributed by atoms with Crippen molar-refractivity contribution in [2.75, 3.05) is 10.6 Å². The molecule has 166 valence electrons. The Bertz CT molecular complexity index is 1280. The van der Waals surface area contributed by atoms with E-state index in [9.17, 15) is 9.59 Å². The van der Waals surface area contributed by atoms with Crippen molar-refractivity contribution in [2.45, 2.75) is 32.1 Å². The van der Waals surface area contributed by atoms with Crippen LogP contribution in [0.2, 0.25) is 0 Å². The third-order valence-corrected chi connectivity index (χ3v) is 5.95. The lowest BCUT2D eigenvalue weighted by Crippen LogP contribution is -2.24. The lowest BCUT2D eigenvalue weighted by molar-refractivity contribution is -0.120. The number of carbonyl (C=O) groups is 2. The van der Waals surface area contributed by atoms with Gasteiger partial charge in [0.2, 0.25) is 5.91 Å². The predicted molar refractivity (Wildman–Crippen MR) is 127 cm³/mol. The Morgan fingerprint density at radius 3 is 2.45 bits per heavy atom. The first-order valence-electron chi connectivity index (χ1n) is 11.1. The van der Waals surface area contributed by atoms with Crippen molar-refractivity contribution in [3.8, 4) is 11.4 Å². The topological polar surface area (TPSA) is 113 Å². The van der Waals surface area contributed by atoms with Gasteiger partial charge in [-0.1, -0.05) is 19.3 Å². The molecule has 1 aliphatic rings. The van der Waals surface area contributed by atoms with E-state index >= 15 is 0 Å². The van der Waals surface area contributed by atoms with Crippen LogP contribution in [0.5, 0.6) is 0 Å². The summed E-state index contributed by atoms with van der Waals surface area (Å²) in [6, 6.07) is 12.6. The quantitative estimate of drug-likeness (QED) is 0.413. The summed E-state index contributed by atoms with van der Waals surface area (Å²) in [5.41, 5.74) is 3.64. The number of nitrogens with zero attached hydrogens (tertiary/aromatic N) is 3. The van der Waals surface area contributed by atoms with Gasteiger partial charge < -0.3 is 15.6 Å². The van der Waals surface area contributed by atoms with Gasteiger partial charge in [-0.3, -0.25) is 14.6 Å². The number of benzene rings is 1. The molecule has 3 N–H and O–H groups in total. The van der Waals surface area contributed by atoms with Crippen LogP contribution in [0, 0.1) is 5.92 Å². The highest BCUT2D eigenvalue weighted by Gasteiger charge is 2.21. The summed E-state index contributed by atoms with van der Waals surface area (Å²) >= 11 is 0. The van der Waals surface area contributed by atoms with E-state index < -0.39 is 0 Å². The smallest absolute Gasteiger partial charge is 0.256 e. The van der Waals surface area contributed by atoms with Gasteiger partial charge in [-0.2, -0.15) is 0 Å². The number of aromatic nitrogens is 4. The lowest BCUT2D eigenvalue weighted by atomic mass is 9.88. The Morgan fingerprint density at radius 1 is 0.939 bits per heavy atom. The fraction of sp³-hybridized carbons (Fsp3) is 0.240. The number of hydrogen-bond donors (Lipinski definition) is 3. The number of rotatable bonds is 5. The Kier molecular flexibility index (Phi) is 5.80. The van der Waals surface area contributed by atoms with Gasteiger partial charge in [0.25, 0.3) is 5.91 Å². The number of fused-ring (bicyclic) bond motifs is 1. The zero-order valence-electron chi connectivity index (χ0n) is 18.0. The number of nitrogens with one attached hydrogen (secondary N) is 3. The van der Waals surface area contributed by atoms with Crippen molar-refractivity contribution >= 4 is 34.4 Å². The van der Waals surface area contributed by atoms with E-state index in [0.717, 1.165) is 42.5 Å². The summed E-state index contributed by atoms with van der Waals surface area (Å²) in [4.78, 5) is 40.9. The number of amides is 2. The number of carbonyl (C=O) groups excluding carboxylic acids is 2. The van der Waals surface area contributed by atoms with Crippen LogP contribution in [0.1, 0.15) is 42.5 Å². The molecule has 0 radical (unpaired) electrons. The standard InChI is InChI=1S/C25H24N6O2/c32-24(17-4-2-1-3-5-17)28-19-8-6-16(7-9-19)23-29-20-14-22(27-15-21(20)30-23)31-25(33)18-10-12-26-13-11-18/h6-15,17H,1-5H2,(H,28,32)(H,29,30)(H,27,31,33). The van der Waals surface area contributed by atoms with Crippen molar-refractivity contribution in [1.82, 2.24) is 19.9 Å². The molecule has 0 saturated heterocycles. The van der Waals surface area contributed by atoms with Crippen molar-refractivity contribution in [2.24, 2.45) is 5.92 Å². The van der Waals surface area contributed by atoms with Crippen molar-refractivity contribution in [3.05, 3.63) is 66.6 Å². The second-order valence-electron chi connectivity index (χ2n) is 8.26. The molecule has 2 amide bonds. The Morgan fingerprint density at radius 2 is 1.70 bits per heavy atom. The largest absolute Gasteiger partial charge is 0.337 e. The Hall–Kier alpha value is -4.07. The van der Waals surface area contributed by atoms with E-state index in [2.05, 4.69) is 30.6 Å². The Balaban J connectivity index is 1.28. The normalized spacial score (nSPS) is 14.2. The fourth-order valence-corrected chi connectivity index (χ4v) is 4.13. The minimum atomic E-state index is -0.258. The van der Waals surface area contributed by atoms with E-state index in [-0.39, 0.29) is 17.7 Å². The van der Waals surface area contributed by atoms with E-state index in [4.69, 9.17) is 0 Å². The maximum absolute atomic E-state index is 12.5. The summed E-state index contributed by atoms with van der Waals surface area (Å²) in [5.74, 6) is 1.08. The van der Waals surface area contributed by atoms with Gasteiger partial charge >= 0.3 is 0 Å². The minimum absolute atomic E-state index is 0.110. The molecule has 33 heavy (non-hydrogen) atoms. The van der Waals surface area contributed by atoms with Crippen LogP contribution in [0.3, 0.4) is 0 Å². The molecule has 3 heterocycles. The van der Waals surface area contributed by atoms with Crippen molar-refractivity contribution in [3.63, 3.8) is 0 Å². The van der Waals surface area contributed by atoms with Gasteiger partial charge in [-0.25, -0.2) is 9.97 Å². The highest BCUT2D eigenvalue weighted by atomic mass is 16.2. The summed E-state index contributed by atoms with van der Waals surface area (Å²) in [5, 5.41) is 5.81. The molecule has 5 rings (SSSR count). The zero-order chi connectivity index (χ0) is 22.6. The molecule has 0 atom stereocenters. The van der Waals surface area contributed by atoms with Crippen LogP contribution in [0.4, 0.5) is 11.5 Å². The first-order valence-corrected chi connectivity index (χ1v) is 11.1. The lowest BCUT2D eigenvalue weighted by Gasteiger charge is -2.20. The third-order valence-electron chi connectivity index (χ3n) is 5.95. The Labute approximate surface area is 190 Å². The first kappa shape index (κ1) is 20.8. The van der Waals surface area contributed by atoms with E-state index in [1.54, 1.807) is 36.8 Å². The van der Waals surface area contributed by atoms with Crippen LogP contribution < -0.4 is 10.6 Å². The highest BCUT2D eigenvalue weighted by Crippen LogP contribution is 2.26. The van der Waals surface area contributed by atoms with Gasteiger partial charge in [0.15, 0.2) is 0 Å². The number of anilines is 2. The highest BCUT2D eigenvalue weighted by molar-refractivity contribution is 6.04. The van der Waals surface area contributed by atoms with Crippen LogP contribution in [-0.4, -0.2) is 31.8 Å². The zero-order valence-corrected chi connectivity index (χ0v) is 18.0. The maximum Gasteiger partial charge on any atom is 0.256 e. The number of pyridine rings is 2. The van der Waals surface area contributed by atoms with Crippen LogP contribution in [0.15, 0.2) is 61.1 Å². The predicted octanol–water partition coefficient (Wildman–Crippen LogP) is 4.79. The molecule has 0 aliphatic heterocycles. The summed E-state index contributed by atoms with van der Waals surface area (Å²) in [6.07, 6.45) is 10.2. The molecular weight excluding hydrogens is 416 g/mol.